The summed E-state index contributed by atoms with van der Waals surface area (Å²) < 4.78 is 11.2. The van der Waals surface area contributed by atoms with Crippen LogP contribution in [0.15, 0.2) is 60.7 Å². The molecule has 0 atom stereocenters. The van der Waals surface area contributed by atoms with Crippen LogP contribution in [0.5, 0.6) is 0 Å². The fourth-order valence-corrected chi connectivity index (χ4v) is 2.20. The first-order valence-electron chi connectivity index (χ1n) is 8.24. The van der Waals surface area contributed by atoms with Gasteiger partial charge in [0, 0.05) is 0 Å². The van der Waals surface area contributed by atoms with Gasteiger partial charge in [0.1, 0.15) is 26.3 Å². The number of hydrogen-bond donors (Lipinski definition) is 0. The van der Waals surface area contributed by atoms with Crippen LogP contribution in [-0.4, -0.2) is 56.8 Å². The van der Waals surface area contributed by atoms with Gasteiger partial charge in [-0.3, -0.25) is 0 Å². The van der Waals surface area contributed by atoms with E-state index in [0.717, 1.165) is 0 Å². The molecular formula is C20H24BrNO4. The number of carbonyl (C=O) groups excluding carboxylic acids is 2. The van der Waals surface area contributed by atoms with E-state index in [0.29, 0.717) is 41.9 Å². The van der Waals surface area contributed by atoms with Gasteiger partial charge in [0.05, 0.1) is 25.2 Å². The van der Waals surface area contributed by atoms with E-state index in [-0.39, 0.29) is 28.9 Å². The average molecular weight is 422 g/mol. The largest absolute Gasteiger partial charge is 1.00 e. The van der Waals surface area contributed by atoms with E-state index in [2.05, 4.69) is 0 Å². The number of ether oxygens (including phenoxy) is 2. The molecule has 0 aromatic heterocycles. The first-order chi connectivity index (χ1) is 12.0. The molecule has 140 valence electrons. The van der Waals surface area contributed by atoms with Gasteiger partial charge in [0.2, 0.25) is 0 Å². The maximum atomic E-state index is 11.9. The summed E-state index contributed by atoms with van der Waals surface area (Å²) >= 11 is 0. The van der Waals surface area contributed by atoms with Crippen LogP contribution in [0.2, 0.25) is 0 Å². The highest BCUT2D eigenvalue weighted by atomic mass is 79.9. The fraction of sp³-hybridized carbons (Fsp3) is 0.300. The topological polar surface area (TPSA) is 52.6 Å². The van der Waals surface area contributed by atoms with Gasteiger partial charge in [-0.15, -0.1) is 0 Å². The van der Waals surface area contributed by atoms with Crippen molar-refractivity contribution >= 4 is 11.9 Å². The Kier molecular flexibility index (Phi) is 9.02. The molecule has 2 rings (SSSR count). The van der Waals surface area contributed by atoms with E-state index in [9.17, 15) is 9.59 Å². The van der Waals surface area contributed by atoms with Gasteiger partial charge in [-0.25, -0.2) is 9.59 Å². The zero-order chi connectivity index (χ0) is 18.1. The zero-order valence-corrected chi connectivity index (χ0v) is 16.6. The Bertz CT molecular complexity index is 630. The lowest BCUT2D eigenvalue weighted by molar-refractivity contribution is -0.890. The molecule has 26 heavy (non-hydrogen) atoms. The summed E-state index contributed by atoms with van der Waals surface area (Å²) in [7, 11) is 4.01. The Morgan fingerprint density at radius 2 is 1.08 bits per heavy atom. The molecule has 0 aliphatic carbocycles. The minimum absolute atomic E-state index is 0. The molecule has 5 nitrogen and oxygen atoms in total. The number of esters is 2. The quantitative estimate of drug-likeness (QED) is 0.436. The van der Waals surface area contributed by atoms with Crippen molar-refractivity contribution in [1.29, 1.82) is 0 Å². The molecule has 0 saturated heterocycles. The van der Waals surface area contributed by atoms with E-state index < -0.39 is 0 Å². The molecule has 0 aliphatic heterocycles. The van der Waals surface area contributed by atoms with Crippen molar-refractivity contribution in [3.05, 3.63) is 71.8 Å². The number of halogens is 1. The van der Waals surface area contributed by atoms with E-state index in [4.69, 9.17) is 9.47 Å². The Labute approximate surface area is 164 Å². The molecule has 0 amide bonds. The fourth-order valence-electron chi connectivity index (χ4n) is 2.20. The number of rotatable bonds is 8. The number of quaternary nitrogens is 1. The Balaban J connectivity index is 0.00000338. The Hall–Kier alpha value is -2.18. The predicted molar refractivity (Wildman–Crippen MR) is 95.3 cm³/mol. The number of likely N-dealkylation sites (N-methyl/N-ethyl adjacent to an activating group) is 1. The van der Waals surface area contributed by atoms with Crippen LogP contribution in [0, 0.1) is 0 Å². The van der Waals surface area contributed by atoms with E-state index in [1.165, 1.54) is 0 Å². The molecule has 0 spiro atoms. The first-order valence-corrected chi connectivity index (χ1v) is 8.24. The molecule has 0 heterocycles. The van der Waals surface area contributed by atoms with Crippen LogP contribution in [0.4, 0.5) is 0 Å². The van der Waals surface area contributed by atoms with E-state index in [1.54, 1.807) is 48.5 Å². The second kappa shape index (κ2) is 10.7. The van der Waals surface area contributed by atoms with Crippen LogP contribution in [-0.2, 0) is 9.47 Å². The van der Waals surface area contributed by atoms with Gasteiger partial charge in [-0.1, -0.05) is 36.4 Å². The molecule has 0 bridgehead atoms. The maximum Gasteiger partial charge on any atom is 0.338 e. The highest BCUT2D eigenvalue weighted by molar-refractivity contribution is 5.89. The van der Waals surface area contributed by atoms with Crippen molar-refractivity contribution < 1.29 is 40.5 Å². The van der Waals surface area contributed by atoms with Crippen LogP contribution < -0.4 is 17.0 Å². The molecule has 0 unspecified atom stereocenters. The van der Waals surface area contributed by atoms with Gasteiger partial charge in [-0.05, 0) is 24.3 Å². The highest BCUT2D eigenvalue weighted by Crippen LogP contribution is 2.04. The summed E-state index contributed by atoms with van der Waals surface area (Å²) in [5.74, 6) is -0.646. The maximum absolute atomic E-state index is 11.9. The average Bonchev–Trinajstić information content (AvgIpc) is 2.62. The van der Waals surface area contributed by atoms with Crippen molar-refractivity contribution in [2.45, 2.75) is 0 Å². The minimum Gasteiger partial charge on any atom is -1.00 e. The van der Waals surface area contributed by atoms with Gasteiger partial charge in [0.15, 0.2) is 0 Å². The summed E-state index contributed by atoms with van der Waals surface area (Å²) in [6.07, 6.45) is 0. The molecule has 0 N–H and O–H groups in total. The summed E-state index contributed by atoms with van der Waals surface area (Å²) in [6.45, 7) is 1.91. The van der Waals surface area contributed by atoms with Crippen LogP contribution in [0.1, 0.15) is 20.7 Å². The van der Waals surface area contributed by atoms with Crippen LogP contribution in [0.25, 0.3) is 0 Å². The summed E-state index contributed by atoms with van der Waals surface area (Å²) in [6, 6.07) is 17.8. The van der Waals surface area contributed by atoms with Crippen LogP contribution in [0.3, 0.4) is 0 Å². The van der Waals surface area contributed by atoms with E-state index >= 15 is 0 Å². The predicted octanol–water partition coefficient (Wildman–Crippen LogP) is -0.219. The minimum atomic E-state index is -0.323. The second-order valence-corrected chi connectivity index (χ2v) is 6.39. The summed E-state index contributed by atoms with van der Waals surface area (Å²) in [4.78, 5) is 23.8. The van der Waals surface area contributed by atoms with E-state index in [1.807, 2.05) is 26.2 Å². The molecule has 0 fully saturated rings. The lowest BCUT2D eigenvalue weighted by Gasteiger charge is -2.29. The van der Waals surface area contributed by atoms with Crippen LogP contribution >= 0.6 is 0 Å². The molecule has 2 aromatic carbocycles. The molecule has 0 saturated carbocycles. The monoisotopic (exact) mass is 421 g/mol. The zero-order valence-electron chi connectivity index (χ0n) is 15.1. The standard InChI is InChI=1S/C20H24NO4.BrH/c1-21(2,13-15-24-19(22)17-9-5-3-6-10-17)14-16-25-20(23)18-11-7-4-8-12-18;/h3-12H,13-16H2,1-2H3;1H/q+1;/p-1. The van der Waals surface area contributed by atoms with Crippen molar-refractivity contribution in [1.82, 2.24) is 0 Å². The Morgan fingerprint density at radius 3 is 1.42 bits per heavy atom. The third-order valence-electron chi connectivity index (χ3n) is 3.88. The summed E-state index contributed by atoms with van der Waals surface area (Å²) in [5.41, 5.74) is 1.09. The molecule has 0 aliphatic rings. The van der Waals surface area contributed by atoms with Crippen molar-refractivity contribution in [2.24, 2.45) is 0 Å². The van der Waals surface area contributed by atoms with Gasteiger partial charge >= 0.3 is 11.9 Å². The molecule has 6 heteroatoms. The SMILES string of the molecule is C[N+](C)(CCOC(=O)c1ccccc1)CCOC(=O)c1ccccc1.[Br-]. The second-order valence-electron chi connectivity index (χ2n) is 6.39. The number of hydrogen-bond acceptors (Lipinski definition) is 4. The number of carbonyl (C=O) groups is 2. The third kappa shape index (κ3) is 7.37. The third-order valence-corrected chi connectivity index (χ3v) is 3.88. The molecule has 2 aromatic rings. The molecule has 0 radical (unpaired) electrons. The smallest absolute Gasteiger partial charge is 0.338 e. The molecular weight excluding hydrogens is 398 g/mol. The van der Waals surface area contributed by atoms with Gasteiger partial charge in [-0.2, -0.15) is 0 Å². The number of benzene rings is 2. The first kappa shape index (κ1) is 21.9. The van der Waals surface area contributed by atoms with Crippen molar-refractivity contribution in [2.75, 3.05) is 40.4 Å². The van der Waals surface area contributed by atoms with Crippen molar-refractivity contribution in [3.8, 4) is 0 Å². The Morgan fingerprint density at radius 1 is 0.731 bits per heavy atom. The van der Waals surface area contributed by atoms with Gasteiger partial charge in [0.25, 0.3) is 0 Å². The van der Waals surface area contributed by atoms with Gasteiger partial charge < -0.3 is 30.9 Å². The van der Waals surface area contributed by atoms with Crippen molar-refractivity contribution in [3.63, 3.8) is 0 Å². The lowest BCUT2D eigenvalue weighted by Crippen LogP contribution is -3.00. The normalized spacial score (nSPS) is 10.5. The number of nitrogens with zero attached hydrogens (tertiary/aromatic N) is 1. The highest BCUT2D eigenvalue weighted by Gasteiger charge is 2.17. The summed E-state index contributed by atoms with van der Waals surface area (Å²) in [5, 5.41) is 0. The lowest BCUT2D eigenvalue weighted by atomic mass is 10.2.